The molecule has 1 nitrogen and oxygen atoms in total. The minimum atomic E-state index is 0.428. The fourth-order valence-electron chi connectivity index (χ4n) is 3.36. The summed E-state index contributed by atoms with van der Waals surface area (Å²) in [6, 6.07) is 0.675. The average Bonchev–Trinajstić information content (AvgIpc) is 1.53. The Kier molecular flexibility index (Phi) is 1.83. The molecule has 1 fully saturated rings. The lowest BCUT2D eigenvalue weighted by Gasteiger charge is -2.63. The Morgan fingerprint density at radius 3 is 1.45 bits per heavy atom. The van der Waals surface area contributed by atoms with Crippen molar-refractivity contribution in [2.24, 2.45) is 0 Å². The maximum absolute atomic E-state index is 2.60. The molecule has 0 aromatic heterocycles. The Bertz CT molecular complexity index is 142. The molecule has 1 saturated heterocycles. The SMILES string of the molecule is CC(C)N1C(C)(C)CC1(C)C. The molecule has 0 N–H and O–H groups in total. The quantitative estimate of drug-likeness (QED) is 0.562. The summed E-state index contributed by atoms with van der Waals surface area (Å²) in [7, 11) is 0. The second-order valence-electron chi connectivity index (χ2n) is 5.27. The second-order valence-corrected chi connectivity index (χ2v) is 5.27. The Morgan fingerprint density at radius 1 is 1.00 bits per heavy atom. The van der Waals surface area contributed by atoms with Crippen molar-refractivity contribution in [1.29, 1.82) is 0 Å². The molecular weight excluding hydrogens is 134 g/mol. The summed E-state index contributed by atoms with van der Waals surface area (Å²) in [5, 5.41) is 0. The molecule has 1 rings (SSSR count). The molecule has 1 heteroatoms. The second kappa shape index (κ2) is 2.22. The van der Waals surface area contributed by atoms with Crippen molar-refractivity contribution >= 4 is 0 Å². The lowest BCUT2D eigenvalue weighted by Crippen LogP contribution is -2.70. The third-order valence-electron chi connectivity index (χ3n) is 2.69. The molecule has 0 radical (unpaired) electrons. The van der Waals surface area contributed by atoms with Gasteiger partial charge in [0.25, 0.3) is 0 Å². The van der Waals surface area contributed by atoms with Gasteiger partial charge in [0.15, 0.2) is 0 Å². The molecule has 0 aromatic carbocycles. The first-order valence-electron chi connectivity index (χ1n) is 4.57. The Hall–Kier alpha value is -0.0400. The summed E-state index contributed by atoms with van der Waals surface area (Å²) in [6.45, 7) is 13.9. The number of likely N-dealkylation sites (tertiary alicyclic amines) is 1. The van der Waals surface area contributed by atoms with Crippen LogP contribution in [0.3, 0.4) is 0 Å². The molecule has 11 heavy (non-hydrogen) atoms. The van der Waals surface area contributed by atoms with Crippen molar-refractivity contribution in [3.63, 3.8) is 0 Å². The van der Waals surface area contributed by atoms with Crippen LogP contribution in [-0.2, 0) is 0 Å². The molecule has 0 saturated carbocycles. The summed E-state index contributed by atoms with van der Waals surface area (Å²) in [5.41, 5.74) is 0.856. The van der Waals surface area contributed by atoms with E-state index in [4.69, 9.17) is 0 Å². The van der Waals surface area contributed by atoms with Crippen molar-refractivity contribution in [2.45, 2.75) is 65.1 Å². The zero-order valence-corrected chi connectivity index (χ0v) is 8.73. The third kappa shape index (κ3) is 1.31. The van der Waals surface area contributed by atoms with Gasteiger partial charge in [-0.2, -0.15) is 0 Å². The van der Waals surface area contributed by atoms with E-state index in [9.17, 15) is 0 Å². The van der Waals surface area contributed by atoms with Crippen molar-refractivity contribution in [1.82, 2.24) is 4.90 Å². The highest BCUT2D eigenvalue weighted by Crippen LogP contribution is 2.45. The highest BCUT2D eigenvalue weighted by atomic mass is 15.3. The highest BCUT2D eigenvalue weighted by Gasteiger charge is 2.51. The van der Waals surface area contributed by atoms with Crippen LogP contribution in [-0.4, -0.2) is 22.0 Å². The molecule has 0 spiro atoms. The third-order valence-corrected chi connectivity index (χ3v) is 2.69. The van der Waals surface area contributed by atoms with Crippen molar-refractivity contribution in [2.75, 3.05) is 0 Å². The summed E-state index contributed by atoms with van der Waals surface area (Å²) in [6.07, 6.45) is 1.32. The first-order valence-corrected chi connectivity index (χ1v) is 4.57. The van der Waals surface area contributed by atoms with Gasteiger partial charge in [0, 0.05) is 17.1 Å². The van der Waals surface area contributed by atoms with Crippen LogP contribution in [0.5, 0.6) is 0 Å². The summed E-state index contributed by atoms with van der Waals surface area (Å²) < 4.78 is 0. The Balaban J connectivity index is 2.73. The zero-order chi connectivity index (χ0) is 8.86. The fourth-order valence-corrected chi connectivity index (χ4v) is 3.36. The van der Waals surface area contributed by atoms with Gasteiger partial charge in [0.1, 0.15) is 0 Å². The summed E-state index contributed by atoms with van der Waals surface area (Å²) in [4.78, 5) is 2.60. The highest BCUT2D eigenvalue weighted by molar-refractivity contribution is 5.07. The van der Waals surface area contributed by atoms with Crippen LogP contribution >= 0.6 is 0 Å². The maximum Gasteiger partial charge on any atom is 0.0178 e. The lowest BCUT2D eigenvalue weighted by atomic mass is 9.72. The Morgan fingerprint density at radius 2 is 1.36 bits per heavy atom. The molecule has 0 aromatic rings. The smallest absolute Gasteiger partial charge is 0.0178 e. The van der Waals surface area contributed by atoms with Crippen LogP contribution < -0.4 is 0 Å². The van der Waals surface area contributed by atoms with Crippen LogP contribution in [0.1, 0.15) is 48.0 Å². The van der Waals surface area contributed by atoms with E-state index in [0.717, 1.165) is 0 Å². The molecule has 0 unspecified atom stereocenters. The van der Waals surface area contributed by atoms with Gasteiger partial charge in [-0.25, -0.2) is 0 Å². The van der Waals surface area contributed by atoms with Gasteiger partial charge in [-0.15, -0.1) is 0 Å². The van der Waals surface area contributed by atoms with E-state index < -0.39 is 0 Å². The number of nitrogens with zero attached hydrogens (tertiary/aromatic N) is 1. The van der Waals surface area contributed by atoms with Gasteiger partial charge in [-0.1, -0.05) is 0 Å². The van der Waals surface area contributed by atoms with Gasteiger partial charge in [-0.05, 0) is 48.0 Å². The van der Waals surface area contributed by atoms with Crippen LogP contribution in [0.2, 0.25) is 0 Å². The topological polar surface area (TPSA) is 3.24 Å². The number of hydrogen-bond donors (Lipinski definition) is 0. The van der Waals surface area contributed by atoms with E-state index in [0.29, 0.717) is 17.1 Å². The van der Waals surface area contributed by atoms with Crippen molar-refractivity contribution in [3.05, 3.63) is 0 Å². The maximum atomic E-state index is 2.60. The minimum absolute atomic E-state index is 0.428. The molecule has 0 bridgehead atoms. The number of hydrogen-bond acceptors (Lipinski definition) is 1. The molecule has 1 aliphatic rings. The minimum Gasteiger partial charge on any atom is -0.291 e. The van der Waals surface area contributed by atoms with Gasteiger partial charge >= 0.3 is 0 Å². The molecule has 0 atom stereocenters. The largest absolute Gasteiger partial charge is 0.291 e. The van der Waals surface area contributed by atoms with Crippen LogP contribution in [0.25, 0.3) is 0 Å². The molecule has 0 amide bonds. The van der Waals surface area contributed by atoms with E-state index in [2.05, 4.69) is 46.4 Å². The summed E-state index contributed by atoms with van der Waals surface area (Å²) >= 11 is 0. The zero-order valence-electron chi connectivity index (χ0n) is 8.73. The number of rotatable bonds is 1. The van der Waals surface area contributed by atoms with E-state index in [1.807, 2.05) is 0 Å². The standard InChI is InChI=1S/C10H21N/c1-8(2)11-9(3,4)7-10(11,5)6/h8H,7H2,1-6H3. The van der Waals surface area contributed by atoms with E-state index >= 15 is 0 Å². The Labute approximate surface area is 70.8 Å². The molecule has 1 heterocycles. The van der Waals surface area contributed by atoms with E-state index in [1.54, 1.807) is 0 Å². The van der Waals surface area contributed by atoms with Crippen LogP contribution in [0.15, 0.2) is 0 Å². The molecule has 1 aliphatic heterocycles. The monoisotopic (exact) mass is 155 g/mol. The van der Waals surface area contributed by atoms with E-state index in [-0.39, 0.29) is 0 Å². The fraction of sp³-hybridized carbons (Fsp3) is 1.00. The van der Waals surface area contributed by atoms with Crippen LogP contribution in [0, 0.1) is 0 Å². The van der Waals surface area contributed by atoms with Crippen molar-refractivity contribution in [3.8, 4) is 0 Å². The summed E-state index contributed by atoms with van der Waals surface area (Å²) in [5.74, 6) is 0. The molecule has 66 valence electrons. The average molecular weight is 155 g/mol. The first-order chi connectivity index (χ1) is 4.77. The first kappa shape index (κ1) is 9.05. The normalized spacial score (nSPS) is 28.6. The van der Waals surface area contributed by atoms with Gasteiger partial charge < -0.3 is 0 Å². The van der Waals surface area contributed by atoms with Gasteiger partial charge in [0.05, 0.1) is 0 Å². The van der Waals surface area contributed by atoms with Crippen molar-refractivity contribution < 1.29 is 0 Å². The van der Waals surface area contributed by atoms with Gasteiger partial charge in [-0.3, -0.25) is 4.90 Å². The molecular formula is C10H21N. The predicted octanol–water partition coefficient (Wildman–Crippen LogP) is 2.66. The van der Waals surface area contributed by atoms with E-state index in [1.165, 1.54) is 6.42 Å². The predicted molar refractivity (Wildman–Crippen MR) is 49.8 cm³/mol. The van der Waals surface area contributed by atoms with Crippen LogP contribution in [0.4, 0.5) is 0 Å². The van der Waals surface area contributed by atoms with Gasteiger partial charge in [0.2, 0.25) is 0 Å². The lowest BCUT2D eigenvalue weighted by molar-refractivity contribution is -0.127. The molecule has 0 aliphatic carbocycles.